The number of oxime groups is 2. The summed E-state index contributed by atoms with van der Waals surface area (Å²) in [5, 5.41) is 6.70. The number of ether oxygens (including phenoxy) is 1. The number of carbonyl (C=O) groups excluding carboxylic acids is 1. The summed E-state index contributed by atoms with van der Waals surface area (Å²) < 4.78 is 4.67. The van der Waals surface area contributed by atoms with E-state index in [1.165, 1.54) is 0 Å². The Bertz CT molecular complexity index is 246. The quantitative estimate of drug-likeness (QED) is 0.442. The zero-order valence-corrected chi connectivity index (χ0v) is 6.73. The molecule has 1 aliphatic rings. The van der Waals surface area contributed by atoms with Crippen molar-refractivity contribution in [1.82, 2.24) is 0 Å². The maximum atomic E-state index is 11.0. The molecule has 0 saturated carbocycles. The number of esters is 1. The molecule has 0 spiro atoms. The maximum absolute atomic E-state index is 11.0. The topological polar surface area (TPSA) is 69.5 Å². The van der Waals surface area contributed by atoms with Gasteiger partial charge in [-0.15, -0.1) is 9.98 Å². The van der Waals surface area contributed by atoms with Gasteiger partial charge >= 0.3 is 5.97 Å². The Hall–Kier alpha value is -1.59. The van der Waals surface area contributed by atoms with Crippen molar-refractivity contribution in [3.63, 3.8) is 0 Å². The molecule has 0 fully saturated rings. The van der Waals surface area contributed by atoms with Gasteiger partial charge in [-0.25, -0.2) is 4.79 Å². The van der Waals surface area contributed by atoms with Crippen LogP contribution in [0.1, 0.15) is 13.8 Å². The van der Waals surface area contributed by atoms with Crippen LogP contribution in [-0.4, -0.2) is 24.0 Å². The summed E-state index contributed by atoms with van der Waals surface area (Å²) in [6.07, 6.45) is 0. The van der Waals surface area contributed by atoms with Gasteiger partial charge in [0.25, 0.3) is 0 Å². The third-order valence-electron chi connectivity index (χ3n) is 1.15. The monoisotopic (exact) mass is 172 g/mol. The predicted molar refractivity (Wildman–Crippen MR) is 39.3 cm³/mol. The molecule has 0 aromatic heterocycles. The molecule has 0 aromatic rings. The third kappa shape index (κ3) is 1.71. The largest absolute Gasteiger partial charge is 0.461 e. The molecule has 0 N–H and O–H groups in total. The number of hydrogen-bond donors (Lipinski definition) is 0. The van der Waals surface area contributed by atoms with Crippen LogP contribution in [-0.2, 0) is 19.5 Å². The summed E-state index contributed by atoms with van der Waals surface area (Å²) in [4.78, 5) is 19.3. The van der Waals surface area contributed by atoms with Gasteiger partial charge in [-0.3, -0.25) is 0 Å². The third-order valence-corrected chi connectivity index (χ3v) is 1.15. The van der Waals surface area contributed by atoms with E-state index in [-0.39, 0.29) is 12.3 Å². The molecule has 0 aliphatic carbocycles. The minimum atomic E-state index is -0.568. The van der Waals surface area contributed by atoms with Crippen molar-refractivity contribution >= 4 is 17.4 Å². The van der Waals surface area contributed by atoms with Crippen LogP contribution in [0.15, 0.2) is 10.3 Å². The molecular formula is C6H8N2O4. The molecule has 0 saturated heterocycles. The van der Waals surface area contributed by atoms with Crippen molar-refractivity contribution in [1.29, 1.82) is 0 Å². The highest BCUT2D eigenvalue weighted by molar-refractivity contribution is 6.65. The van der Waals surface area contributed by atoms with E-state index in [2.05, 4.69) is 25.0 Å². The Morgan fingerprint density at radius 2 is 2.17 bits per heavy atom. The normalized spacial score (nSPS) is 15.2. The van der Waals surface area contributed by atoms with E-state index in [0.717, 1.165) is 0 Å². The second-order valence-electron chi connectivity index (χ2n) is 1.99. The molecule has 6 heteroatoms. The fraction of sp³-hybridized carbons (Fsp3) is 0.500. The molecule has 66 valence electrons. The van der Waals surface area contributed by atoms with Crippen molar-refractivity contribution in [3.05, 3.63) is 0 Å². The summed E-state index contributed by atoms with van der Waals surface area (Å²) >= 11 is 0. The van der Waals surface area contributed by atoms with Crippen LogP contribution in [0.2, 0.25) is 0 Å². The summed E-state index contributed by atoms with van der Waals surface area (Å²) in [5.41, 5.74) is 0.364. The van der Waals surface area contributed by atoms with Gasteiger partial charge in [0.1, 0.15) is 5.71 Å². The van der Waals surface area contributed by atoms with E-state index in [1.807, 2.05) is 0 Å². The fourth-order valence-corrected chi connectivity index (χ4v) is 0.620. The lowest BCUT2D eigenvalue weighted by Gasteiger charge is -2.06. The fourth-order valence-electron chi connectivity index (χ4n) is 0.620. The Morgan fingerprint density at radius 1 is 1.50 bits per heavy atom. The lowest BCUT2D eigenvalue weighted by Crippen LogP contribution is -2.27. The van der Waals surface area contributed by atoms with E-state index < -0.39 is 5.97 Å². The second kappa shape index (κ2) is 3.70. The zero-order chi connectivity index (χ0) is 8.97. The van der Waals surface area contributed by atoms with Gasteiger partial charge in [-0.2, -0.15) is 0 Å². The van der Waals surface area contributed by atoms with E-state index >= 15 is 0 Å². The van der Waals surface area contributed by atoms with Gasteiger partial charge in [-0.05, 0) is 24.2 Å². The van der Waals surface area contributed by atoms with Gasteiger partial charge in [0.2, 0.25) is 5.71 Å². The Kier molecular flexibility index (Phi) is 2.62. The lowest BCUT2D eigenvalue weighted by atomic mass is 10.2. The van der Waals surface area contributed by atoms with Crippen LogP contribution >= 0.6 is 0 Å². The molecular weight excluding hydrogens is 164 g/mol. The molecule has 1 rings (SSSR count). The summed E-state index contributed by atoms with van der Waals surface area (Å²) in [5.74, 6) is -0.568. The van der Waals surface area contributed by atoms with Crippen molar-refractivity contribution in [3.8, 4) is 0 Å². The summed E-state index contributed by atoms with van der Waals surface area (Å²) in [7, 11) is 0. The molecule has 12 heavy (non-hydrogen) atoms. The van der Waals surface area contributed by atoms with Crippen LogP contribution in [0.25, 0.3) is 0 Å². The van der Waals surface area contributed by atoms with E-state index in [0.29, 0.717) is 5.71 Å². The average molecular weight is 172 g/mol. The Morgan fingerprint density at radius 3 is 2.75 bits per heavy atom. The molecule has 1 aliphatic heterocycles. The number of carbonyl (C=O) groups is 1. The van der Waals surface area contributed by atoms with Crippen LogP contribution in [0.5, 0.6) is 0 Å². The first kappa shape index (κ1) is 8.51. The molecule has 0 bridgehead atoms. The van der Waals surface area contributed by atoms with Crippen LogP contribution < -0.4 is 0 Å². The standard InChI is InChI=1S/C6H8N2O4/c1-3-10-6(9)5-4(2)7-11-12-8-5/h3H2,1-2H3. The van der Waals surface area contributed by atoms with Crippen molar-refractivity contribution < 1.29 is 19.5 Å². The van der Waals surface area contributed by atoms with E-state index in [9.17, 15) is 4.79 Å². The van der Waals surface area contributed by atoms with Gasteiger partial charge in [0.05, 0.1) is 6.61 Å². The van der Waals surface area contributed by atoms with Crippen molar-refractivity contribution in [2.75, 3.05) is 6.61 Å². The van der Waals surface area contributed by atoms with Gasteiger partial charge in [0.15, 0.2) is 0 Å². The zero-order valence-electron chi connectivity index (χ0n) is 6.73. The number of hydrogen-bond acceptors (Lipinski definition) is 6. The molecule has 6 nitrogen and oxygen atoms in total. The van der Waals surface area contributed by atoms with Gasteiger partial charge in [0, 0.05) is 0 Å². The minimum Gasteiger partial charge on any atom is -0.461 e. The van der Waals surface area contributed by atoms with E-state index in [4.69, 9.17) is 0 Å². The highest BCUT2D eigenvalue weighted by Crippen LogP contribution is 1.98. The molecule has 0 radical (unpaired) electrons. The molecule has 0 aromatic carbocycles. The molecule has 0 atom stereocenters. The highest BCUT2D eigenvalue weighted by Gasteiger charge is 2.20. The Labute approximate surface area is 68.7 Å². The van der Waals surface area contributed by atoms with Crippen LogP contribution in [0, 0.1) is 0 Å². The van der Waals surface area contributed by atoms with Crippen LogP contribution in [0.4, 0.5) is 0 Å². The Balaban J connectivity index is 2.67. The number of nitrogens with zero attached hydrogens (tertiary/aromatic N) is 2. The first-order valence-corrected chi connectivity index (χ1v) is 3.38. The molecule has 0 unspecified atom stereocenters. The second-order valence-corrected chi connectivity index (χ2v) is 1.99. The molecule has 1 heterocycles. The minimum absolute atomic E-state index is 0.0306. The maximum Gasteiger partial charge on any atom is 0.362 e. The number of rotatable bonds is 2. The van der Waals surface area contributed by atoms with Gasteiger partial charge in [-0.1, -0.05) is 0 Å². The predicted octanol–water partition coefficient (Wildman–Crippen LogP) is 0.243. The van der Waals surface area contributed by atoms with Crippen molar-refractivity contribution in [2.24, 2.45) is 10.3 Å². The van der Waals surface area contributed by atoms with Crippen LogP contribution in [0.3, 0.4) is 0 Å². The summed E-state index contributed by atoms with van der Waals surface area (Å²) in [6.45, 7) is 3.55. The average Bonchev–Trinajstić information content (AvgIpc) is 2.05. The highest BCUT2D eigenvalue weighted by atomic mass is 17.3. The van der Waals surface area contributed by atoms with E-state index in [1.54, 1.807) is 13.8 Å². The SMILES string of the molecule is CCOC(=O)C1=NOON=C1C. The van der Waals surface area contributed by atoms with Crippen molar-refractivity contribution in [2.45, 2.75) is 13.8 Å². The lowest BCUT2D eigenvalue weighted by molar-refractivity contribution is -0.299. The molecule has 0 amide bonds. The first-order chi connectivity index (χ1) is 5.75. The summed E-state index contributed by atoms with van der Waals surface area (Å²) in [6, 6.07) is 0. The van der Waals surface area contributed by atoms with Gasteiger partial charge < -0.3 is 4.74 Å². The first-order valence-electron chi connectivity index (χ1n) is 3.38. The smallest absolute Gasteiger partial charge is 0.362 e.